The van der Waals surface area contributed by atoms with Crippen LogP contribution in [0.2, 0.25) is 0 Å². The molecule has 0 N–H and O–H groups in total. The molecule has 0 spiro atoms. The van der Waals surface area contributed by atoms with Crippen LogP contribution in [0.15, 0.2) is 52.3 Å². The molecule has 134 valence electrons. The molecule has 1 aliphatic rings. The molecular formula is C18H10BrN3O4S. The molecule has 0 saturated carbocycles. The zero-order valence-corrected chi connectivity index (χ0v) is 16.0. The van der Waals surface area contributed by atoms with Gasteiger partial charge in [0.2, 0.25) is 0 Å². The van der Waals surface area contributed by atoms with E-state index in [1.807, 2.05) is 24.3 Å². The summed E-state index contributed by atoms with van der Waals surface area (Å²) >= 11 is 4.81. The standard InChI is InChI=1S/C18H10BrN3O4S/c19-11-4-1-3-10(7-11)16-20-12(9-27-16)8-21-17(23)13-5-2-6-14(22(25)26)15(13)18(21)24/h1-7,9H,8H2. The van der Waals surface area contributed by atoms with Gasteiger partial charge in [-0.3, -0.25) is 24.6 Å². The Morgan fingerprint density at radius 1 is 1.15 bits per heavy atom. The Hall–Kier alpha value is -2.91. The molecular weight excluding hydrogens is 434 g/mol. The molecule has 2 heterocycles. The van der Waals surface area contributed by atoms with E-state index in [9.17, 15) is 19.7 Å². The lowest BCUT2D eigenvalue weighted by Gasteiger charge is -2.11. The number of hydrogen-bond acceptors (Lipinski definition) is 6. The predicted octanol–water partition coefficient (Wildman–Crippen LogP) is 4.28. The van der Waals surface area contributed by atoms with E-state index in [1.165, 1.54) is 29.5 Å². The lowest BCUT2D eigenvalue weighted by atomic mass is 10.1. The second-order valence-electron chi connectivity index (χ2n) is 5.81. The number of nitrogens with zero attached hydrogens (tertiary/aromatic N) is 3. The van der Waals surface area contributed by atoms with Gasteiger partial charge in [0, 0.05) is 21.5 Å². The Bertz CT molecular complexity index is 1110. The zero-order chi connectivity index (χ0) is 19.1. The van der Waals surface area contributed by atoms with Crippen LogP contribution in [0.25, 0.3) is 10.6 Å². The van der Waals surface area contributed by atoms with Gasteiger partial charge in [0.25, 0.3) is 17.5 Å². The fourth-order valence-electron chi connectivity index (χ4n) is 2.91. The Morgan fingerprint density at radius 3 is 2.67 bits per heavy atom. The van der Waals surface area contributed by atoms with E-state index in [0.717, 1.165) is 19.9 Å². The van der Waals surface area contributed by atoms with Crippen molar-refractivity contribution in [1.82, 2.24) is 9.88 Å². The molecule has 0 saturated heterocycles. The van der Waals surface area contributed by atoms with Crippen molar-refractivity contribution in [3.8, 4) is 10.6 Å². The lowest BCUT2D eigenvalue weighted by Crippen LogP contribution is -2.29. The monoisotopic (exact) mass is 443 g/mol. The fourth-order valence-corrected chi connectivity index (χ4v) is 4.11. The van der Waals surface area contributed by atoms with Crippen molar-refractivity contribution in [3.63, 3.8) is 0 Å². The summed E-state index contributed by atoms with van der Waals surface area (Å²) in [6.45, 7) is -0.0337. The first-order valence-electron chi connectivity index (χ1n) is 7.79. The maximum atomic E-state index is 12.6. The third kappa shape index (κ3) is 3.04. The van der Waals surface area contributed by atoms with Crippen LogP contribution in [0.3, 0.4) is 0 Å². The number of thiazole rings is 1. The number of nitro benzene ring substituents is 1. The van der Waals surface area contributed by atoms with Crippen molar-refractivity contribution in [3.05, 3.63) is 79.3 Å². The number of imide groups is 1. The lowest BCUT2D eigenvalue weighted by molar-refractivity contribution is -0.385. The molecule has 2 amide bonds. The molecule has 0 bridgehead atoms. The highest BCUT2D eigenvalue weighted by atomic mass is 79.9. The summed E-state index contributed by atoms with van der Waals surface area (Å²) in [4.78, 5) is 41.2. The summed E-state index contributed by atoms with van der Waals surface area (Å²) in [5.74, 6) is -1.21. The van der Waals surface area contributed by atoms with Gasteiger partial charge < -0.3 is 0 Å². The number of aromatic nitrogens is 1. The van der Waals surface area contributed by atoms with Crippen LogP contribution in [0.4, 0.5) is 5.69 Å². The maximum absolute atomic E-state index is 12.6. The number of benzene rings is 2. The van der Waals surface area contributed by atoms with Crippen molar-refractivity contribution in [2.45, 2.75) is 6.54 Å². The number of fused-ring (bicyclic) bond motifs is 1. The molecule has 0 fully saturated rings. The number of carbonyl (C=O) groups excluding carboxylic acids is 2. The van der Waals surface area contributed by atoms with E-state index in [-0.39, 0.29) is 23.4 Å². The molecule has 0 atom stereocenters. The average molecular weight is 444 g/mol. The van der Waals surface area contributed by atoms with E-state index < -0.39 is 16.7 Å². The van der Waals surface area contributed by atoms with Crippen molar-refractivity contribution in [2.24, 2.45) is 0 Å². The van der Waals surface area contributed by atoms with Gasteiger partial charge >= 0.3 is 0 Å². The summed E-state index contributed by atoms with van der Waals surface area (Å²) in [6, 6.07) is 11.7. The van der Waals surface area contributed by atoms with Gasteiger partial charge in [-0.25, -0.2) is 4.98 Å². The first-order chi connectivity index (χ1) is 13.0. The molecule has 1 aliphatic heterocycles. The Labute approximate surface area is 165 Å². The SMILES string of the molecule is O=C1c2cccc([N+](=O)[O-])c2C(=O)N1Cc1csc(-c2cccc(Br)c2)n1. The molecule has 7 nitrogen and oxygen atoms in total. The number of halogens is 1. The number of hydrogen-bond donors (Lipinski definition) is 0. The second kappa shape index (κ2) is 6.67. The summed E-state index contributed by atoms with van der Waals surface area (Å²) in [6.07, 6.45) is 0. The number of amides is 2. The third-order valence-electron chi connectivity index (χ3n) is 4.12. The topological polar surface area (TPSA) is 93.4 Å². The Kier molecular flexibility index (Phi) is 4.33. The number of rotatable bonds is 4. The molecule has 2 aromatic carbocycles. The third-order valence-corrected chi connectivity index (χ3v) is 5.55. The van der Waals surface area contributed by atoms with Crippen LogP contribution in [-0.4, -0.2) is 26.6 Å². The van der Waals surface area contributed by atoms with E-state index in [4.69, 9.17) is 0 Å². The van der Waals surface area contributed by atoms with Gasteiger partial charge in [-0.1, -0.05) is 34.1 Å². The molecule has 0 unspecified atom stereocenters. The average Bonchev–Trinajstić information content (AvgIpc) is 3.21. The summed E-state index contributed by atoms with van der Waals surface area (Å²) in [5, 5.41) is 13.7. The molecule has 9 heteroatoms. The van der Waals surface area contributed by atoms with Crippen molar-refractivity contribution in [2.75, 3.05) is 0 Å². The van der Waals surface area contributed by atoms with Crippen LogP contribution in [0, 0.1) is 10.1 Å². The molecule has 4 rings (SSSR count). The minimum absolute atomic E-state index is 0.0337. The van der Waals surface area contributed by atoms with Crippen molar-refractivity contribution in [1.29, 1.82) is 0 Å². The van der Waals surface area contributed by atoms with Crippen molar-refractivity contribution >= 4 is 44.8 Å². The Balaban J connectivity index is 1.63. The fraction of sp³-hybridized carbons (Fsp3) is 0.0556. The minimum Gasteiger partial charge on any atom is -0.269 e. The number of carbonyl (C=O) groups is 2. The van der Waals surface area contributed by atoms with E-state index in [0.29, 0.717) is 5.69 Å². The highest BCUT2D eigenvalue weighted by Gasteiger charge is 2.41. The minimum atomic E-state index is -0.667. The van der Waals surface area contributed by atoms with Gasteiger partial charge in [0.05, 0.1) is 22.7 Å². The second-order valence-corrected chi connectivity index (χ2v) is 7.58. The predicted molar refractivity (Wildman–Crippen MR) is 103 cm³/mol. The molecule has 1 aromatic heterocycles. The highest BCUT2D eigenvalue weighted by molar-refractivity contribution is 9.10. The van der Waals surface area contributed by atoms with E-state index in [2.05, 4.69) is 20.9 Å². The normalized spacial score (nSPS) is 13.1. The van der Waals surface area contributed by atoms with Gasteiger partial charge in [0.1, 0.15) is 10.6 Å². The molecule has 3 aromatic rings. The Morgan fingerprint density at radius 2 is 1.93 bits per heavy atom. The largest absolute Gasteiger partial charge is 0.282 e. The van der Waals surface area contributed by atoms with Crippen LogP contribution in [0.1, 0.15) is 26.4 Å². The molecule has 27 heavy (non-hydrogen) atoms. The summed E-state index contributed by atoms with van der Waals surface area (Å²) in [7, 11) is 0. The van der Waals surface area contributed by atoms with Crippen LogP contribution < -0.4 is 0 Å². The van der Waals surface area contributed by atoms with Gasteiger partial charge in [-0.05, 0) is 18.2 Å². The highest BCUT2D eigenvalue weighted by Crippen LogP contribution is 2.32. The van der Waals surface area contributed by atoms with Crippen LogP contribution in [0.5, 0.6) is 0 Å². The molecule has 0 radical (unpaired) electrons. The smallest absolute Gasteiger partial charge is 0.269 e. The zero-order valence-electron chi connectivity index (χ0n) is 13.6. The van der Waals surface area contributed by atoms with E-state index >= 15 is 0 Å². The number of nitro groups is 1. The maximum Gasteiger partial charge on any atom is 0.282 e. The van der Waals surface area contributed by atoms with Crippen LogP contribution in [-0.2, 0) is 6.54 Å². The summed E-state index contributed by atoms with van der Waals surface area (Å²) < 4.78 is 0.921. The summed E-state index contributed by atoms with van der Waals surface area (Å²) in [5.41, 5.74) is 0.999. The van der Waals surface area contributed by atoms with E-state index in [1.54, 1.807) is 5.38 Å². The first kappa shape index (κ1) is 17.5. The van der Waals surface area contributed by atoms with Crippen molar-refractivity contribution < 1.29 is 14.5 Å². The van der Waals surface area contributed by atoms with Gasteiger partial charge in [0.15, 0.2) is 0 Å². The van der Waals surface area contributed by atoms with Gasteiger partial charge in [-0.15, -0.1) is 11.3 Å². The molecule has 0 aliphatic carbocycles. The van der Waals surface area contributed by atoms with Crippen LogP contribution >= 0.6 is 27.3 Å². The first-order valence-corrected chi connectivity index (χ1v) is 9.47. The van der Waals surface area contributed by atoms with Gasteiger partial charge in [-0.2, -0.15) is 0 Å². The quantitative estimate of drug-likeness (QED) is 0.340.